The second-order valence-electron chi connectivity index (χ2n) is 3.99. The van der Waals surface area contributed by atoms with E-state index in [2.05, 4.69) is 37.8 Å². The zero-order chi connectivity index (χ0) is 12.2. The maximum absolute atomic E-state index is 4.18. The van der Waals surface area contributed by atoms with Gasteiger partial charge in [-0.3, -0.25) is 4.98 Å². The summed E-state index contributed by atoms with van der Waals surface area (Å²) in [5.74, 6) is 0.921. The van der Waals surface area contributed by atoms with Crippen LogP contribution in [0.15, 0.2) is 42.6 Å². The van der Waals surface area contributed by atoms with Gasteiger partial charge < -0.3 is 5.32 Å². The Kier molecular flexibility index (Phi) is 2.87. The van der Waals surface area contributed by atoms with Crippen molar-refractivity contribution in [2.45, 2.75) is 6.42 Å². The molecule has 2 N–H and O–H groups in total. The molecule has 0 saturated carbocycles. The molecule has 90 valence electrons. The summed E-state index contributed by atoms with van der Waals surface area (Å²) >= 11 is 0. The highest BCUT2D eigenvalue weighted by Gasteiger charge is 2.12. The van der Waals surface area contributed by atoms with Crippen LogP contribution in [0.25, 0.3) is 10.9 Å². The van der Waals surface area contributed by atoms with Gasteiger partial charge in [-0.15, -0.1) is 5.10 Å². The molecule has 4 rings (SSSR count). The molecule has 1 aromatic carbocycles. The fourth-order valence-electron chi connectivity index (χ4n) is 1.88. The molecule has 0 amide bonds. The van der Waals surface area contributed by atoms with E-state index in [4.69, 9.17) is 0 Å². The molecule has 5 nitrogen and oxygen atoms in total. The second-order valence-corrected chi connectivity index (χ2v) is 3.99. The Morgan fingerprint density at radius 3 is 2.78 bits per heavy atom. The smallest absolute Gasteiger partial charge is 0.171 e. The molecule has 3 aromatic rings. The summed E-state index contributed by atoms with van der Waals surface area (Å²) in [6, 6.07) is 12.1. The van der Waals surface area contributed by atoms with Crippen LogP contribution in [-0.4, -0.2) is 26.9 Å². The van der Waals surface area contributed by atoms with Crippen LogP contribution in [0.1, 0.15) is 5.69 Å². The van der Waals surface area contributed by atoms with Crippen molar-refractivity contribution in [1.29, 1.82) is 0 Å². The molecular formula is C13H13N5. The lowest BCUT2D eigenvalue weighted by Crippen LogP contribution is -1.94. The molecule has 3 heterocycles. The Balaban J connectivity index is 0.000000114. The summed E-state index contributed by atoms with van der Waals surface area (Å²) in [5, 5.41) is 14.6. The minimum absolute atomic E-state index is 0.921. The maximum Gasteiger partial charge on any atom is 0.171 e. The zero-order valence-electron chi connectivity index (χ0n) is 9.80. The zero-order valence-corrected chi connectivity index (χ0v) is 9.80. The van der Waals surface area contributed by atoms with E-state index in [0.717, 1.165) is 30.0 Å². The number of pyridine rings is 1. The molecule has 1 aliphatic rings. The number of aromatic nitrogens is 4. The van der Waals surface area contributed by atoms with Crippen LogP contribution in [0.5, 0.6) is 0 Å². The number of H-pyrrole nitrogens is 1. The molecule has 1 aliphatic heterocycles. The first-order valence-corrected chi connectivity index (χ1v) is 5.87. The molecule has 0 saturated heterocycles. The van der Waals surface area contributed by atoms with Crippen molar-refractivity contribution >= 4 is 16.7 Å². The number of aromatic amines is 1. The topological polar surface area (TPSA) is 66.5 Å². The van der Waals surface area contributed by atoms with Gasteiger partial charge in [-0.25, -0.2) is 0 Å². The molecule has 0 atom stereocenters. The van der Waals surface area contributed by atoms with Crippen molar-refractivity contribution in [1.82, 2.24) is 20.4 Å². The molecule has 5 heteroatoms. The quantitative estimate of drug-likeness (QED) is 0.629. The number of hydrogen-bond acceptors (Lipinski definition) is 4. The monoisotopic (exact) mass is 239 g/mol. The van der Waals surface area contributed by atoms with Crippen LogP contribution in [-0.2, 0) is 6.42 Å². The largest absolute Gasteiger partial charge is 0.367 e. The predicted octanol–water partition coefficient (Wildman–Crippen LogP) is 2.01. The number of para-hydroxylation sites is 1. The first-order chi connectivity index (χ1) is 8.93. The molecule has 18 heavy (non-hydrogen) atoms. The Bertz CT molecular complexity index is 562. The fraction of sp³-hybridized carbons (Fsp3) is 0.154. The van der Waals surface area contributed by atoms with Crippen LogP contribution in [0.4, 0.5) is 5.82 Å². The molecule has 0 radical (unpaired) electrons. The van der Waals surface area contributed by atoms with E-state index in [0.29, 0.717) is 0 Å². The minimum Gasteiger partial charge on any atom is -0.367 e. The number of hydrogen-bond donors (Lipinski definition) is 2. The lowest BCUT2D eigenvalue weighted by atomic mass is 10.2. The Morgan fingerprint density at radius 1 is 1.00 bits per heavy atom. The number of rotatable bonds is 0. The minimum atomic E-state index is 0.921. The van der Waals surface area contributed by atoms with Crippen LogP contribution >= 0.6 is 0 Å². The van der Waals surface area contributed by atoms with E-state index < -0.39 is 0 Å². The third kappa shape index (κ3) is 2.15. The highest BCUT2D eigenvalue weighted by atomic mass is 15.4. The fourth-order valence-corrected chi connectivity index (χ4v) is 1.88. The van der Waals surface area contributed by atoms with Gasteiger partial charge in [-0.2, -0.15) is 10.3 Å². The van der Waals surface area contributed by atoms with Crippen LogP contribution < -0.4 is 5.32 Å². The number of benzene rings is 1. The van der Waals surface area contributed by atoms with Crippen molar-refractivity contribution in [2.75, 3.05) is 11.9 Å². The van der Waals surface area contributed by atoms with E-state index in [1.54, 1.807) is 0 Å². The van der Waals surface area contributed by atoms with Gasteiger partial charge in [0.2, 0.25) is 0 Å². The number of fused-ring (bicyclic) bond motifs is 2. The molecule has 0 fully saturated rings. The van der Waals surface area contributed by atoms with Crippen molar-refractivity contribution < 1.29 is 0 Å². The summed E-state index contributed by atoms with van der Waals surface area (Å²) in [4.78, 5) is 4.18. The third-order valence-electron chi connectivity index (χ3n) is 2.79. The van der Waals surface area contributed by atoms with Gasteiger partial charge in [0.1, 0.15) is 5.69 Å². The standard InChI is InChI=1S/C9H7N.C4H6N4/c1-2-6-9-8(4-1)5-3-7-10-9;1-2-5-4-3(1)6-8-7-4/h1-7H;1-2H2,(H2,5,6,7,8). The van der Waals surface area contributed by atoms with E-state index in [1.807, 2.05) is 30.5 Å². The molecule has 0 bridgehead atoms. The summed E-state index contributed by atoms with van der Waals surface area (Å²) in [6.07, 6.45) is 2.81. The Labute approximate surface area is 104 Å². The molecule has 0 aliphatic carbocycles. The lowest BCUT2D eigenvalue weighted by molar-refractivity contribution is 0.885. The number of nitrogens with zero attached hydrogens (tertiary/aromatic N) is 3. The first kappa shape index (κ1) is 10.7. The molecule has 0 unspecified atom stereocenters. The maximum atomic E-state index is 4.18. The average molecular weight is 239 g/mol. The number of anilines is 1. The van der Waals surface area contributed by atoms with Gasteiger partial charge in [0.25, 0.3) is 0 Å². The van der Waals surface area contributed by atoms with Gasteiger partial charge in [0, 0.05) is 24.5 Å². The van der Waals surface area contributed by atoms with E-state index in [1.165, 1.54) is 5.39 Å². The predicted molar refractivity (Wildman–Crippen MR) is 70.3 cm³/mol. The summed E-state index contributed by atoms with van der Waals surface area (Å²) in [5.41, 5.74) is 2.12. The van der Waals surface area contributed by atoms with Gasteiger partial charge >= 0.3 is 0 Å². The summed E-state index contributed by atoms with van der Waals surface area (Å²) in [6.45, 7) is 0.985. The van der Waals surface area contributed by atoms with Gasteiger partial charge in [-0.05, 0) is 12.1 Å². The SMILES string of the molecule is C1Cc2n[nH]nc2N1.c1ccc2ncccc2c1. The van der Waals surface area contributed by atoms with Crippen molar-refractivity contribution in [3.8, 4) is 0 Å². The van der Waals surface area contributed by atoms with E-state index in [-0.39, 0.29) is 0 Å². The van der Waals surface area contributed by atoms with Crippen LogP contribution in [0, 0.1) is 0 Å². The van der Waals surface area contributed by atoms with Crippen molar-refractivity contribution in [3.05, 3.63) is 48.3 Å². The summed E-state index contributed by atoms with van der Waals surface area (Å²) < 4.78 is 0. The first-order valence-electron chi connectivity index (χ1n) is 5.87. The highest BCUT2D eigenvalue weighted by Crippen LogP contribution is 2.13. The molecule has 0 spiro atoms. The van der Waals surface area contributed by atoms with Crippen molar-refractivity contribution in [2.24, 2.45) is 0 Å². The Hall–Kier alpha value is -2.43. The molecular weight excluding hydrogens is 226 g/mol. The highest BCUT2D eigenvalue weighted by molar-refractivity contribution is 5.77. The number of nitrogens with one attached hydrogen (secondary N) is 2. The van der Waals surface area contributed by atoms with Gasteiger partial charge in [0.05, 0.1) is 5.52 Å². The van der Waals surface area contributed by atoms with Crippen LogP contribution in [0.2, 0.25) is 0 Å². The lowest BCUT2D eigenvalue weighted by Gasteiger charge is -1.91. The average Bonchev–Trinajstić information content (AvgIpc) is 3.03. The van der Waals surface area contributed by atoms with Crippen LogP contribution in [0.3, 0.4) is 0 Å². The summed E-state index contributed by atoms with van der Waals surface area (Å²) in [7, 11) is 0. The second kappa shape index (κ2) is 4.83. The Morgan fingerprint density at radius 2 is 1.89 bits per heavy atom. The molecule has 2 aromatic heterocycles. The van der Waals surface area contributed by atoms with Gasteiger partial charge in [-0.1, -0.05) is 24.3 Å². The third-order valence-corrected chi connectivity index (χ3v) is 2.79. The van der Waals surface area contributed by atoms with Crippen molar-refractivity contribution in [3.63, 3.8) is 0 Å². The van der Waals surface area contributed by atoms with E-state index >= 15 is 0 Å². The van der Waals surface area contributed by atoms with Gasteiger partial charge in [0.15, 0.2) is 5.82 Å². The normalized spacial score (nSPS) is 12.4. The van der Waals surface area contributed by atoms with E-state index in [9.17, 15) is 0 Å².